The normalized spacial score (nSPS) is 11.6. The van der Waals surface area contributed by atoms with Crippen LogP contribution in [-0.4, -0.2) is 17.9 Å². The fourth-order valence-corrected chi connectivity index (χ4v) is 2.26. The summed E-state index contributed by atoms with van der Waals surface area (Å²) < 4.78 is 0. The average molecular weight is 331 g/mol. The van der Waals surface area contributed by atoms with Gasteiger partial charge in [-0.2, -0.15) is 0 Å². The lowest BCUT2D eigenvalue weighted by atomic mass is 10.1. The molecule has 0 saturated heterocycles. The largest absolute Gasteiger partial charge is 0.350 e. The van der Waals surface area contributed by atoms with Crippen molar-refractivity contribution in [3.8, 4) is 0 Å². The summed E-state index contributed by atoms with van der Waals surface area (Å²) in [6, 6.07) is 14.0. The number of hydrogen-bond acceptors (Lipinski definition) is 2. The van der Waals surface area contributed by atoms with Crippen molar-refractivity contribution in [3.63, 3.8) is 0 Å². The summed E-state index contributed by atoms with van der Waals surface area (Å²) in [7, 11) is 0. The van der Waals surface area contributed by atoms with Crippen LogP contribution >= 0.6 is 11.6 Å². The van der Waals surface area contributed by atoms with Gasteiger partial charge in [0.25, 0.3) is 5.91 Å². The maximum absolute atomic E-state index is 12.1. The zero-order valence-corrected chi connectivity index (χ0v) is 13.9. The molecule has 0 radical (unpaired) electrons. The molecule has 0 unspecified atom stereocenters. The molecule has 2 rings (SSSR count). The minimum atomic E-state index is -0.649. The van der Waals surface area contributed by atoms with Crippen LogP contribution in [0.2, 0.25) is 5.02 Å². The fourth-order valence-electron chi connectivity index (χ4n) is 2.03. The van der Waals surface area contributed by atoms with E-state index in [4.69, 9.17) is 11.6 Å². The van der Waals surface area contributed by atoms with Crippen LogP contribution in [0, 0.1) is 6.92 Å². The highest BCUT2D eigenvalue weighted by Gasteiger charge is 2.17. The van der Waals surface area contributed by atoms with E-state index < -0.39 is 6.04 Å². The van der Waals surface area contributed by atoms with E-state index in [-0.39, 0.29) is 11.8 Å². The molecule has 0 heterocycles. The summed E-state index contributed by atoms with van der Waals surface area (Å²) in [6.07, 6.45) is 0. The number of amides is 2. The van der Waals surface area contributed by atoms with E-state index in [0.717, 1.165) is 5.56 Å². The van der Waals surface area contributed by atoms with Crippen molar-refractivity contribution in [3.05, 3.63) is 70.2 Å². The van der Waals surface area contributed by atoms with Gasteiger partial charge in [-0.25, -0.2) is 0 Å². The van der Waals surface area contributed by atoms with Gasteiger partial charge in [-0.15, -0.1) is 0 Å². The average Bonchev–Trinajstić information content (AvgIpc) is 2.54. The fraction of sp³-hybridized carbons (Fsp3) is 0.222. The molecule has 0 spiro atoms. The highest BCUT2D eigenvalue weighted by atomic mass is 35.5. The number of nitrogens with one attached hydrogen (secondary N) is 2. The molecule has 1 atom stereocenters. The molecule has 2 aromatic carbocycles. The summed E-state index contributed by atoms with van der Waals surface area (Å²) in [5.41, 5.74) is 2.53. The van der Waals surface area contributed by atoms with Crippen LogP contribution in [0.3, 0.4) is 0 Å². The smallest absolute Gasteiger partial charge is 0.253 e. The third-order valence-electron chi connectivity index (χ3n) is 3.45. The van der Waals surface area contributed by atoms with Crippen LogP contribution in [0.25, 0.3) is 0 Å². The van der Waals surface area contributed by atoms with Crippen molar-refractivity contribution in [2.24, 2.45) is 0 Å². The van der Waals surface area contributed by atoms with Gasteiger partial charge in [-0.05, 0) is 31.5 Å². The second-order valence-corrected chi connectivity index (χ2v) is 5.79. The summed E-state index contributed by atoms with van der Waals surface area (Å²) in [6.45, 7) is 4.07. The first-order valence-electron chi connectivity index (χ1n) is 7.36. The first kappa shape index (κ1) is 17.0. The number of hydrogen-bond donors (Lipinski definition) is 2. The summed E-state index contributed by atoms with van der Waals surface area (Å²) in [4.78, 5) is 24.2. The van der Waals surface area contributed by atoms with Crippen LogP contribution in [0.1, 0.15) is 28.4 Å². The Hall–Kier alpha value is -2.33. The second-order valence-electron chi connectivity index (χ2n) is 5.38. The first-order valence-corrected chi connectivity index (χ1v) is 7.74. The van der Waals surface area contributed by atoms with Crippen molar-refractivity contribution in [2.75, 3.05) is 0 Å². The number of halogens is 1. The Morgan fingerprint density at radius 3 is 2.39 bits per heavy atom. The van der Waals surface area contributed by atoms with Crippen molar-refractivity contribution < 1.29 is 9.59 Å². The second kappa shape index (κ2) is 7.79. The molecule has 2 aromatic rings. The van der Waals surface area contributed by atoms with Gasteiger partial charge in [-0.3, -0.25) is 9.59 Å². The Kier molecular flexibility index (Phi) is 5.77. The molecule has 0 aromatic heterocycles. The van der Waals surface area contributed by atoms with E-state index in [0.29, 0.717) is 17.1 Å². The van der Waals surface area contributed by atoms with Crippen LogP contribution in [0.4, 0.5) is 0 Å². The molecule has 0 aliphatic carbocycles. The monoisotopic (exact) mass is 330 g/mol. The molecule has 23 heavy (non-hydrogen) atoms. The molecule has 5 heteroatoms. The maximum Gasteiger partial charge on any atom is 0.253 e. The van der Waals surface area contributed by atoms with Gasteiger partial charge in [0.05, 0.1) is 10.6 Å². The predicted molar refractivity (Wildman–Crippen MR) is 91.4 cm³/mol. The summed E-state index contributed by atoms with van der Waals surface area (Å²) in [5, 5.41) is 5.81. The minimum Gasteiger partial charge on any atom is -0.350 e. The molecular weight excluding hydrogens is 312 g/mol. The standard InChI is InChI=1S/C18H19ClN2O2/c1-12-7-9-14(10-8-12)11-20-17(22)13(2)21-18(23)15-5-3-4-6-16(15)19/h3-10,13H,11H2,1-2H3,(H,20,22)(H,21,23)/t13-/m0/s1. The molecule has 2 amide bonds. The lowest BCUT2D eigenvalue weighted by molar-refractivity contribution is -0.122. The third kappa shape index (κ3) is 4.83. The van der Waals surface area contributed by atoms with E-state index >= 15 is 0 Å². The van der Waals surface area contributed by atoms with Gasteiger partial charge < -0.3 is 10.6 Å². The lowest BCUT2D eigenvalue weighted by Crippen LogP contribution is -2.44. The number of carbonyl (C=O) groups excluding carboxylic acids is 2. The summed E-state index contributed by atoms with van der Waals surface area (Å²) in [5.74, 6) is -0.612. The molecule has 0 saturated carbocycles. The number of benzene rings is 2. The van der Waals surface area contributed by atoms with Crippen LogP contribution in [0.15, 0.2) is 48.5 Å². The Labute approximate surface area is 140 Å². The quantitative estimate of drug-likeness (QED) is 0.885. The lowest BCUT2D eigenvalue weighted by Gasteiger charge is -2.14. The minimum absolute atomic E-state index is 0.244. The Morgan fingerprint density at radius 2 is 1.74 bits per heavy atom. The van der Waals surface area contributed by atoms with Gasteiger partial charge in [0.15, 0.2) is 0 Å². The maximum atomic E-state index is 12.1. The molecule has 2 N–H and O–H groups in total. The Bertz CT molecular complexity index is 698. The van der Waals surface area contributed by atoms with Gasteiger partial charge in [0, 0.05) is 6.54 Å². The van der Waals surface area contributed by atoms with Gasteiger partial charge in [0.2, 0.25) is 5.91 Å². The number of rotatable bonds is 5. The predicted octanol–water partition coefficient (Wildman–Crippen LogP) is 3.08. The Morgan fingerprint density at radius 1 is 1.09 bits per heavy atom. The van der Waals surface area contributed by atoms with Crippen LogP contribution in [0.5, 0.6) is 0 Å². The van der Waals surface area contributed by atoms with Crippen LogP contribution in [-0.2, 0) is 11.3 Å². The van der Waals surface area contributed by atoms with Gasteiger partial charge >= 0.3 is 0 Å². The zero-order valence-electron chi connectivity index (χ0n) is 13.1. The van der Waals surface area contributed by atoms with E-state index in [1.54, 1.807) is 31.2 Å². The van der Waals surface area contributed by atoms with E-state index in [1.165, 1.54) is 5.56 Å². The van der Waals surface area contributed by atoms with Crippen molar-refractivity contribution >= 4 is 23.4 Å². The van der Waals surface area contributed by atoms with E-state index in [1.807, 2.05) is 31.2 Å². The highest BCUT2D eigenvalue weighted by Crippen LogP contribution is 2.14. The highest BCUT2D eigenvalue weighted by molar-refractivity contribution is 6.33. The first-order chi connectivity index (χ1) is 11.0. The molecule has 0 fully saturated rings. The van der Waals surface area contributed by atoms with Gasteiger partial charge in [0.1, 0.15) is 6.04 Å². The Balaban J connectivity index is 1.88. The molecule has 0 aliphatic rings. The number of carbonyl (C=O) groups is 2. The van der Waals surface area contributed by atoms with E-state index in [2.05, 4.69) is 10.6 Å². The van der Waals surface area contributed by atoms with Gasteiger partial charge in [-0.1, -0.05) is 53.6 Å². The third-order valence-corrected chi connectivity index (χ3v) is 3.78. The molecule has 0 bridgehead atoms. The van der Waals surface area contributed by atoms with Crippen molar-refractivity contribution in [1.29, 1.82) is 0 Å². The SMILES string of the molecule is Cc1ccc(CNC(=O)[C@H](C)NC(=O)c2ccccc2Cl)cc1. The van der Waals surface area contributed by atoms with Crippen molar-refractivity contribution in [1.82, 2.24) is 10.6 Å². The number of aryl methyl sites for hydroxylation is 1. The molecule has 4 nitrogen and oxygen atoms in total. The summed E-state index contributed by atoms with van der Waals surface area (Å²) >= 11 is 5.97. The molecule has 120 valence electrons. The van der Waals surface area contributed by atoms with Crippen LogP contribution < -0.4 is 10.6 Å². The van der Waals surface area contributed by atoms with Crippen molar-refractivity contribution in [2.45, 2.75) is 26.4 Å². The topological polar surface area (TPSA) is 58.2 Å². The zero-order chi connectivity index (χ0) is 16.8. The van der Waals surface area contributed by atoms with E-state index in [9.17, 15) is 9.59 Å². The molecular formula is C18H19ClN2O2. The molecule has 0 aliphatic heterocycles.